The van der Waals surface area contributed by atoms with Crippen LogP contribution in [0.4, 0.5) is 0 Å². The zero-order valence-electron chi connectivity index (χ0n) is 15.9. The molecule has 0 spiro atoms. The minimum Gasteiger partial charge on any atom is -0.491 e. The maximum absolute atomic E-state index is 6.02. The quantitative estimate of drug-likeness (QED) is 0.246. The number of aliphatic imine (C=N–C) groups is 1. The SMILES string of the molecule is CN=C(NCc1cccc(Cl)c1)NCc1ccc(C)cc1OCCOC.I. The van der Waals surface area contributed by atoms with E-state index in [4.69, 9.17) is 21.1 Å². The number of rotatable bonds is 8. The summed E-state index contributed by atoms with van der Waals surface area (Å²) < 4.78 is 10.9. The molecule has 0 aliphatic carbocycles. The number of hydrogen-bond donors (Lipinski definition) is 2. The lowest BCUT2D eigenvalue weighted by Crippen LogP contribution is -2.36. The highest BCUT2D eigenvalue weighted by atomic mass is 127. The Morgan fingerprint density at radius 3 is 2.56 bits per heavy atom. The highest BCUT2D eigenvalue weighted by Crippen LogP contribution is 2.20. The molecule has 148 valence electrons. The highest BCUT2D eigenvalue weighted by Gasteiger charge is 2.06. The molecule has 0 bridgehead atoms. The van der Waals surface area contributed by atoms with E-state index in [-0.39, 0.29) is 24.0 Å². The number of methoxy groups -OCH3 is 1. The molecule has 0 saturated carbocycles. The standard InChI is InChI=1S/C20H26ClN3O2.HI/c1-15-7-8-17(19(11-15)26-10-9-25-3)14-24-20(22-2)23-13-16-5-4-6-18(21)12-16;/h4-8,11-12H,9-10,13-14H2,1-3H3,(H2,22,23,24);1H. The van der Waals surface area contributed by atoms with Gasteiger partial charge < -0.3 is 20.1 Å². The van der Waals surface area contributed by atoms with E-state index in [1.807, 2.05) is 37.3 Å². The third kappa shape index (κ3) is 8.36. The third-order valence-corrected chi connectivity index (χ3v) is 4.02. The van der Waals surface area contributed by atoms with Crippen LogP contribution < -0.4 is 15.4 Å². The lowest BCUT2D eigenvalue weighted by atomic mass is 10.1. The Bertz CT molecular complexity index is 741. The Morgan fingerprint density at radius 1 is 1.07 bits per heavy atom. The Kier molecular flexibility index (Phi) is 11.2. The largest absolute Gasteiger partial charge is 0.491 e. The Hall–Kier alpha value is -1.51. The molecule has 2 aromatic rings. The lowest BCUT2D eigenvalue weighted by molar-refractivity contribution is 0.145. The predicted octanol–water partition coefficient (Wildman–Crippen LogP) is 4.16. The summed E-state index contributed by atoms with van der Waals surface area (Å²) in [5, 5.41) is 7.33. The van der Waals surface area contributed by atoms with E-state index in [1.165, 1.54) is 0 Å². The van der Waals surface area contributed by atoms with Crippen molar-refractivity contribution in [2.24, 2.45) is 4.99 Å². The summed E-state index contributed by atoms with van der Waals surface area (Å²) in [6.45, 7) is 4.38. The number of nitrogens with one attached hydrogen (secondary N) is 2. The molecule has 0 atom stereocenters. The summed E-state index contributed by atoms with van der Waals surface area (Å²) in [5.74, 6) is 1.58. The van der Waals surface area contributed by atoms with Gasteiger partial charge in [-0.2, -0.15) is 0 Å². The molecule has 7 heteroatoms. The first-order valence-electron chi connectivity index (χ1n) is 8.52. The Balaban J connectivity index is 0.00000364. The van der Waals surface area contributed by atoms with Crippen molar-refractivity contribution in [1.29, 1.82) is 0 Å². The van der Waals surface area contributed by atoms with Gasteiger partial charge in [0.05, 0.1) is 6.61 Å². The van der Waals surface area contributed by atoms with Gasteiger partial charge in [0.2, 0.25) is 0 Å². The Morgan fingerprint density at radius 2 is 1.85 bits per heavy atom. The van der Waals surface area contributed by atoms with Crippen LogP contribution in [0.15, 0.2) is 47.5 Å². The molecule has 27 heavy (non-hydrogen) atoms. The van der Waals surface area contributed by atoms with Crippen LogP contribution in [0.2, 0.25) is 5.02 Å². The average Bonchev–Trinajstić information content (AvgIpc) is 2.63. The minimum atomic E-state index is 0. The van der Waals surface area contributed by atoms with Crippen molar-refractivity contribution < 1.29 is 9.47 Å². The molecule has 0 aliphatic heterocycles. The van der Waals surface area contributed by atoms with E-state index >= 15 is 0 Å². The molecule has 5 nitrogen and oxygen atoms in total. The third-order valence-electron chi connectivity index (χ3n) is 3.79. The number of guanidine groups is 1. The van der Waals surface area contributed by atoms with Gasteiger partial charge >= 0.3 is 0 Å². The van der Waals surface area contributed by atoms with Gasteiger partial charge in [-0.25, -0.2) is 0 Å². The molecule has 0 radical (unpaired) electrons. The van der Waals surface area contributed by atoms with E-state index in [0.29, 0.717) is 32.3 Å². The van der Waals surface area contributed by atoms with Crippen molar-refractivity contribution in [3.63, 3.8) is 0 Å². The van der Waals surface area contributed by atoms with Crippen LogP contribution in [0, 0.1) is 6.92 Å². The van der Waals surface area contributed by atoms with Gasteiger partial charge in [-0.05, 0) is 36.2 Å². The second-order valence-electron chi connectivity index (χ2n) is 5.86. The van der Waals surface area contributed by atoms with Crippen molar-refractivity contribution in [3.05, 3.63) is 64.2 Å². The van der Waals surface area contributed by atoms with E-state index in [1.54, 1.807) is 14.2 Å². The van der Waals surface area contributed by atoms with Crippen LogP contribution in [-0.4, -0.2) is 33.3 Å². The maximum atomic E-state index is 6.02. The number of halogens is 2. The first-order chi connectivity index (χ1) is 12.6. The van der Waals surface area contributed by atoms with Crippen LogP contribution >= 0.6 is 35.6 Å². The van der Waals surface area contributed by atoms with Gasteiger partial charge in [0.25, 0.3) is 0 Å². The van der Waals surface area contributed by atoms with E-state index in [9.17, 15) is 0 Å². The topological polar surface area (TPSA) is 54.9 Å². The monoisotopic (exact) mass is 503 g/mol. The van der Waals surface area contributed by atoms with Gasteiger partial charge in [0.1, 0.15) is 12.4 Å². The van der Waals surface area contributed by atoms with Crippen LogP contribution in [0.1, 0.15) is 16.7 Å². The van der Waals surface area contributed by atoms with E-state index in [2.05, 4.69) is 27.8 Å². The second-order valence-corrected chi connectivity index (χ2v) is 6.30. The summed E-state index contributed by atoms with van der Waals surface area (Å²) in [6, 6.07) is 13.9. The van der Waals surface area contributed by atoms with E-state index < -0.39 is 0 Å². The van der Waals surface area contributed by atoms with Gasteiger partial charge in [-0.3, -0.25) is 4.99 Å². The van der Waals surface area contributed by atoms with Gasteiger partial charge in [0, 0.05) is 37.8 Å². The predicted molar refractivity (Wildman–Crippen MR) is 122 cm³/mol. The van der Waals surface area contributed by atoms with Gasteiger partial charge in [-0.1, -0.05) is 35.9 Å². The molecule has 2 rings (SSSR count). The number of aryl methyl sites for hydroxylation is 1. The molecule has 0 heterocycles. The van der Waals surface area contributed by atoms with Gasteiger partial charge in [-0.15, -0.1) is 24.0 Å². The van der Waals surface area contributed by atoms with Crippen LogP contribution in [0.3, 0.4) is 0 Å². The maximum Gasteiger partial charge on any atom is 0.191 e. The number of benzene rings is 2. The van der Waals surface area contributed by atoms with Crippen LogP contribution in [0.5, 0.6) is 5.75 Å². The summed E-state index contributed by atoms with van der Waals surface area (Å²) in [7, 11) is 3.41. The van der Waals surface area contributed by atoms with Crippen molar-refractivity contribution in [3.8, 4) is 5.75 Å². The summed E-state index contributed by atoms with van der Waals surface area (Å²) in [4.78, 5) is 4.26. The fraction of sp³-hybridized carbons (Fsp3) is 0.350. The number of ether oxygens (including phenoxy) is 2. The van der Waals surface area contributed by atoms with Crippen LogP contribution in [0.25, 0.3) is 0 Å². The molecular formula is C20H27ClIN3O2. The molecule has 0 saturated heterocycles. The fourth-order valence-corrected chi connectivity index (χ4v) is 2.62. The molecule has 0 aromatic heterocycles. The summed E-state index contributed by atoms with van der Waals surface area (Å²) in [5.41, 5.74) is 3.32. The number of nitrogens with zero attached hydrogens (tertiary/aromatic N) is 1. The molecule has 0 fully saturated rings. The smallest absolute Gasteiger partial charge is 0.191 e. The first-order valence-corrected chi connectivity index (χ1v) is 8.90. The second kappa shape index (κ2) is 12.8. The zero-order chi connectivity index (χ0) is 18.8. The zero-order valence-corrected chi connectivity index (χ0v) is 19.0. The molecule has 2 aromatic carbocycles. The lowest BCUT2D eigenvalue weighted by Gasteiger charge is -2.15. The Labute approximate surface area is 183 Å². The van der Waals surface area contributed by atoms with E-state index in [0.717, 1.165) is 27.5 Å². The summed E-state index contributed by atoms with van der Waals surface area (Å²) in [6.07, 6.45) is 0. The first kappa shape index (κ1) is 23.5. The molecule has 0 unspecified atom stereocenters. The van der Waals surface area contributed by atoms with Crippen molar-refractivity contribution in [2.45, 2.75) is 20.0 Å². The normalized spacial score (nSPS) is 10.9. The molecule has 2 N–H and O–H groups in total. The van der Waals surface area contributed by atoms with Crippen LogP contribution in [-0.2, 0) is 17.8 Å². The highest BCUT2D eigenvalue weighted by molar-refractivity contribution is 14.0. The van der Waals surface area contributed by atoms with Crippen molar-refractivity contribution in [2.75, 3.05) is 27.4 Å². The molecule has 0 amide bonds. The van der Waals surface area contributed by atoms with Gasteiger partial charge in [0.15, 0.2) is 5.96 Å². The number of hydrogen-bond acceptors (Lipinski definition) is 3. The molecule has 0 aliphatic rings. The summed E-state index contributed by atoms with van der Waals surface area (Å²) >= 11 is 6.02. The molecular weight excluding hydrogens is 477 g/mol. The minimum absolute atomic E-state index is 0. The average molecular weight is 504 g/mol. The van der Waals surface area contributed by atoms with Crippen molar-refractivity contribution in [1.82, 2.24) is 10.6 Å². The van der Waals surface area contributed by atoms with Crippen molar-refractivity contribution >= 4 is 41.5 Å². The fourth-order valence-electron chi connectivity index (χ4n) is 2.41.